The van der Waals surface area contributed by atoms with Crippen molar-refractivity contribution in [2.24, 2.45) is 0 Å². The first-order chi connectivity index (χ1) is 7.79. The van der Waals surface area contributed by atoms with Crippen molar-refractivity contribution in [3.63, 3.8) is 0 Å². The molecule has 1 heterocycles. The number of hydrogen-bond acceptors (Lipinski definition) is 4. The average Bonchev–Trinajstić information content (AvgIpc) is 2.73. The van der Waals surface area contributed by atoms with E-state index in [1.807, 2.05) is 37.4 Å². The lowest BCUT2D eigenvalue weighted by molar-refractivity contribution is 0.284. The SMILES string of the molecule is COc1ccccc1OCc1ncc(C)s1. The van der Waals surface area contributed by atoms with Gasteiger partial charge in [0.2, 0.25) is 0 Å². The van der Waals surface area contributed by atoms with Crippen LogP contribution in [-0.4, -0.2) is 12.1 Å². The van der Waals surface area contributed by atoms with Gasteiger partial charge < -0.3 is 9.47 Å². The third kappa shape index (κ3) is 2.52. The first kappa shape index (κ1) is 11.0. The summed E-state index contributed by atoms with van der Waals surface area (Å²) in [6, 6.07) is 7.60. The number of rotatable bonds is 4. The molecule has 0 saturated carbocycles. The highest BCUT2D eigenvalue weighted by atomic mass is 32.1. The van der Waals surface area contributed by atoms with Crippen molar-refractivity contribution in [2.45, 2.75) is 13.5 Å². The highest BCUT2D eigenvalue weighted by molar-refractivity contribution is 7.11. The van der Waals surface area contributed by atoms with E-state index >= 15 is 0 Å². The van der Waals surface area contributed by atoms with E-state index in [0.29, 0.717) is 6.61 Å². The fourth-order valence-corrected chi connectivity index (χ4v) is 2.05. The molecule has 84 valence electrons. The fourth-order valence-electron chi connectivity index (χ4n) is 1.35. The molecule has 0 fully saturated rings. The Morgan fingerprint density at radius 2 is 2.00 bits per heavy atom. The molecule has 0 unspecified atom stereocenters. The van der Waals surface area contributed by atoms with Crippen molar-refractivity contribution < 1.29 is 9.47 Å². The van der Waals surface area contributed by atoms with Gasteiger partial charge in [-0.15, -0.1) is 11.3 Å². The predicted molar refractivity (Wildman–Crippen MR) is 64.2 cm³/mol. The number of methoxy groups -OCH3 is 1. The minimum atomic E-state index is 0.485. The van der Waals surface area contributed by atoms with E-state index in [9.17, 15) is 0 Å². The Balaban J connectivity index is 2.04. The van der Waals surface area contributed by atoms with Gasteiger partial charge in [-0.1, -0.05) is 12.1 Å². The van der Waals surface area contributed by atoms with Crippen molar-refractivity contribution >= 4 is 11.3 Å². The summed E-state index contributed by atoms with van der Waals surface area (Å²) in [7, 11) is 1.63. The van der Waals surface area contributed by atoms with Gasteiger partial charge in [-0.05, 0) is 19.1 Å². The molecule has 1 aromatic heterocycles. The van der Waals surface area contributed by atoms with Crippen molar-refractivity contribution in [3.05, 3.63) is 40.3 Å². The van der Waals surface area contributed by atoms with Crippen LogP contribution in [0.2, 0.25) is 0 Å². The van der Waals surface area contributed by atoms with E-state index in [1.54, 1.807) is 18.4 Å². The zero-order chi connectivity index (χ0) is 11.4. The molecule has 1 aromatic carbocycles. The van der Waals surface area contributed by atoms with Crippen LogP contribution < -0.4 is 9.47 Å². The summed E-state index contributed by atoms with van der Waals surface area (Å²) < 4.78 is 10.8. The standard InChI is InChI=1S/C12H13NO2S/c1-9-7-13-12(16-9)8-15-11-6-4-3-5-10(11)14-2/h3-7H,8H2,1-2H3. The van der Waals surface area contributed by atoms with Gasteiger partial charge in [0, 0.05) is 11.1 Å². The number of thiazole rings is 1. The zero-order valence-electron chi connectivity index (χ0n) is 9.27. The van der Waals surface area contributed by atoms with Crippen LogP contribution in [0.5, 0.6) is 11.5 Å². The van der Waals surface area contributed by atoms with Crippen molar-refractivity contribution in [1.29, 1.82) is 0 Å². The largest absolute Gasteiger partial charge is 0.493 e. The lowest BCUT2D eigenvalue weighted by Gasteiger charge is -2.08. The second kappa shape index (κ2) is 4.99. The summed E-state index contributed by atoms with van der Waals surface area (Å²) in [5.41, 5.74) is 0. The smallest absolute Gasteiger partial charge is 0.161 e. The van der Waals surface area contributed by atoms with Gasteiger partial charge in [-0.3, -0.25) is 0 Å². The molecule has 0 bridgehead atoms. The minimum absolute atomic E-state index is 0.485. The number of hydrogen-bond donors (Lipinski definition) is 0. The van der Waals surface area contributed by atoms with Crippen molar-refractivity contribution in [1.82, 2.24) is 4.98 Å². The highest BCUT2D eigenvalue weighted by Crippen LogP contribution is 2.27. The quantitative estimate of drug-likeness (QED) is 0.816. The molecule has 0 atom stereocenters. The molecule has 3 nitrogen and oxygen atoms in total. The molecule has 0 aliphatic rings. The number of nitrogens with zero attached hydrogens (tertiary/aromatic N) is 1. The van der Waals surface area contributed by atoms with Crippen LogP contribution in [0.25, 0.3) is 0 Å². The average molecular weight is 235 g/mol. The molecule has 0 aliphatic carbocycles. The number of ether oxygens (including phenoxy) is 2. The third-order valence-electron chi connectivity index (χ3n) is 2.09. The van der Waals surface area contributed by atoms with Gasteiger partial charge in [-0.25, -0.2) is 4.98 Å². The van der Waals surface area contributed by atoms with Gasteiger partial charge in [0.25, 0.3) is 0 Å². The van der Waals surface area contributed by atoms with Crippen molar-refractivity contribution in [3.8, 4) is 11.5 Å². The molecule has 0 aliphatic heterocycles. The van der Waals surface area contributed by atoms with E-state index in [1.165, 1.54) is 4.88 Å². The van der Waals surface area contributed by atoms with Gasteiger partial charge in [-0.2, -0.15) is 0 Å². The molecular weight excluding hydrogens is 222 g/mol. The summed E-state index contributed by atoms with van der Waals surface area (Å²) in [4.78, 5) is 5.43. The number of aromatic nitrogens is 1. The van der Waals surface area contributed by atoms with E-state index in [-0.39, 0.29) is 0 Å². The fraction of sp³-hybridized carbons (Fsp3) is 0.250. The number of para-hydroxylation sites is 2. The van der Waals surface area contributed by atoms with Gasteiger partial charge in [0.1, 0.15) is 11.6 Å². The van der Waals surface area contributed by atoms with Crippen LogP contribution in [0.1, 0.15) is 9.88 Å². The summed E-state index contributed by atoms with van der Waals surface area (Å²) >= 11 is 1.64. The maximum atomic E-state index is 5.65. The molecule has 0 amide bonds. The van der Waals surface area contributed by atoms with Gasteiger partial charge in [0.15, 0.2) is 11.5 Å². The summed E-state index contributed by atoms with van der Waals surface area (Å²) in [6.07, 6.45) is 1.85. The Labute approximate surface area is 98.7 Å². The Morgan fingerprint density at radius 3 is 2.62 bits per heavy atom. The lowest BCUT2D eigenvalue weighted by atomic mass is 10.3. The molecule has 0 N–H and O–H groups in total. The normalized spacial score (nSPS) is 10.1. The van der Waals surface area contributed by atoms with Gasteiger partial charge >= 0.3 is 0 Å². The maximum absolute atomic E-state index is 5.65. The van der Waals surface area contributed by atoms with E-state index in [0.717, 1.165) is 16.5 Å². The molecule has 16 heavy (non-hydrogen) atoms. The van der Waals surface area contributed by atoms with Crippen LogP contribution >= 0.6 is 11.3 Å². The first-order valence-corrected chi connectivity index (χ1v) is 5.78. The molecule has 0 saturated heterocycles. The highest BCUT2D eigenvalue weighted by Gasteiger charge is 2.04. The van der Waals surface area contributed by atoms with E-state index < -0.39 is 0 Å². The number of aryl methyl sites for hydroxylation is 1. The third-order valence-corrected chi connectivity index (χ3v) is 2.98. The first-order valence-electron chi connectivity index (χ1n) is 4.96. The van der Waals surface area contributed by atoms with Crippen LogP contribution in [0, 0.1) is 6.92 Å². The molecule has 0 radical (unpaired) electrons. The number of benzene rings is 1. The monoisotopic (exact) mass is 235 g/mol. The Morgan fingerprint density at radius 1 is 1.25 bits per heavy atom. The van der Waals surface area contributed by atoms with Gasteiger partial charge in [0.05, 0.1) is 7.11 Å². The Hall–Kier alpha value is -1.55. The van der Waals surface area contributed by atoms with Crippen LogP contribution in [0.15, 0.2) is 30.5 Å². The van der Waals surface area contributed by atoms with Crippen molar-refractivity contribution in [2.75, 3.05) is 7.11 Å². The Bertz CT molecular complexity index is 468. The summed E-state index contributed by atoms with van der Waals surface area (Å²) in [5.74, 6) is 1.49. The zero-order valence-corrected chi connectivity index (χ0v) is 10.1. The maximum Gasteiger partial charge on any atom is 0.161 e. The van der Waals surface area contributed by atoms with Crippen LogP contribution in [-0.2, 0) is 6.61 Å². The van der Waals surface area contributed by atoms with Crippen LogP contribution in [0.3, 0.4) is 0 Å². The second-order valence-electron chi connectivity index (χ2n) is 3.30. The van der Waals surface area contributed by atoms with E-state index in [2.05, 4.69) is 4.98 Å². The molecule has 2 aromatic rings. The molecule has 4 heteroatoms. The Kier molecular flexibility index (Phi) is 3.41. The minimum Gasteiger partial charge on any atom is -0.493 e. The topological polar surface area (TPSA) is 31.4 Å². The molecular formula is C12H13NO2S. The summed E-state index contributed by atoms with van der Waals surface area (Å²) in [5, 5.41) is 0.975. The predicted octanol–water partition coefficient (Wildman–Crippen LogP) is 3.04. The molecule has 0 spiro atoms. The van der Waals surface area contributed by atoms with Crippen LogP contribution in [0.4, 0.5) is 0 Å². The molecule has 2 rings (SSSR count). The summed E-state index contributed by atoms with van der Waals surface area (Å²) in [6.45, 7) is 2.52. The second-order valence-corrected chi connectivity index (χ2v) is 4.62. The lowest BCUT2D eigenvalue weighted by Crippen LogP contribution is -1.96. The van der Waals surface area contributed by atoms with E-state index in [4.69, 9.17) is 9.47 Å².